The molecule has 9 heteroatoms. The summed E-state index contributed by atoms with van der Waals surface area (Å²) < 4.78 is 11.9. The lowest BCUT2D eigenvalue weighted by molar-refractivity contribution is 0.724. The van der Waals surface area contributed by atoms with Gasteiger partial charge in [0.15, 0.2) is 17.5 Å². The predicted octanol–water partition coefficient (Wildman–Crippen LogP) is 21.1. The molecule has 0 aliphatic heterocycles. The number of para-hydroxylation sites is 5. The summed E-state index contributed by atoms with van der Waals surface area (Å²) in [7, 11) is 0. The first-order chi connectivity index (χ1) is 44.6. The van der Waals surface area contributed by atoms with E-state index in [9.17, 15) is 0 Å². The van der Waals surface area contributed by atoms with E-state index < -0.39 is 0 Å². The highest BCUT2D eigenvalue weighted by Crippen LogP contribution is 2.46. The second-order valence-corrected chi connectivity index (χ2v) is 24.8. The third-order valence-electron chi connectivity index (χ3n) is 18.7. The van der Waals surface area contributed by atoms with Gasteiger partial charge in [0.05, 0.1) is 43.3 Å². The molecule has 18 aromatic rings. The van der Waals surface area contributed by atoms with Crippen molar-refractivity contribution in [3.63, 3.8) is 0 Å². The summed E-state index contributed by atoms with van der Waals surface area (Å²) in [5.41, 5.74) is 19.2. The van der Waals surface area contributed by atoms with Crippen LogP contribution in [0.15, 0.2) is 273 Å². The van der Waals surface area contributed by atoms with Gasteiger partial charge >= 0.3 is 0 Å². The van der Waals surface area contributed by atoms with Crippen LogP contribution in [0.4, 0.5) is 0 Å². The average molecular weight is 1170 g/mol. The van der Waals surface area contributed by atoms with Crippen molar-refractivity contribution in [3.8, 4) is 68.2 Å². The lowest BCUT2D eigenvalue weighted by atomic mass is 9.93. The molecule has 0 saturated heterocycles. The van der Waals surface area contributed by atoms with Gasteiger partial charge in [-0.15, -0.1) is 11.3 Å². The Balaban J connectivity index is 0.678. The number of thiophene rings is 1. The molecular formula is C81H52N8S. The van der Waals surface area contributed by atoms with Gasteiger partial charge in [-0.1, -0.05) is 207 Å². The van der Waals surface area contributed by atoms with Gasteiger partial charge in [-0.05, 0) is 101 Å². The highest BCUT2D eigenvalue weighted by molar-refractivity contribution is 7.26. The lowest BCUT2D eigenvalue weighted by Crippen LogP contribution is -2.07. The standard InChI is InChI=1S/C81H52N8S/c1-49-17-16-26-62-58-22-8-13-28-69(58)87(74(49)62)57-40-44-73-67(48-57)65-45-46-82-80(77(65)90-73)88-70-29-14-11-25-61(70)66-47-55(39-43-72(66)88)52-33-31-50(32-34-52)51-35-37-54(38-36-51)79-83-78(53-18-4-2-5-19-53)84-81(85-79)89-71-30-15-10-24-60(71)64-42-41-63-59-23-9-12-27-68(59)86(75(63)76(64)89)56-20-6-3-7-21-56/h2-16,18-49H,17H2,1H3. The molecule has 8 nitrogen and oxygen atoms in total. The predicted molar refractivity (Wildman–Crippen MR) is 374 cm³/mol. The monoisotopic (exact) mass is 1170 g/mol. The second-order valence-electron chi connectivity index (χ2n) is 23.8. The molecular weight excluding hydrogens is 1120 g/mol. The molecule has 7 heterocycles. The Morgan fingerprint density at radius 3 is 1.57 bits per heavy atom. The van der Waals surface area contributed by atoms with Crippen molar-refractivity contribution >= 4 is 114 Å². The number of allylic oxidation sites excluding steroid dienone is 1. The summed E-state index contributed by atoms with van der Waals surface area (Å²) >= 11 is 1.83. The minimum absolute atomic E-state index is 0.417. The molecule has 1 unspecified atom stereocenters. The largest absolute Gasteiger partial charge is 0.313 e. The topological polar surface area (TPSA) is 71.3 Å². The van der Waals surface area contributed by atoms with E-state index in [1.807, 2.05) is 35.7 Å². The number of pyridine rings is 1. The smallest absolute Gasteiger partial charge is 0.238 e. The molecule has 1 aliphatic rings. The zero-order valence-electron chi connectivity index (χ0n) is 48.8. The van der Waals surface area contributed by atoms with Gasteiger partial charge in [-0.3, -0.25) is 9.13 Å². The summed E-state index contributed by atoms with van der Waals surface area (Å²) in [6.07, 6.45) is 7.68. The van der Waals surface area contributed by atoms with Gasteiger partial charge in [0.2, 0.25) is 5.95 Å². The fourth-order valence-electron chi connectivity index (χ4n) is 14.6. The molecule has 7 aromatic heterocycles. The number of hydrogen-bond acceptors (Lipinski definition) is 5. The first-order valence-corrected chi connectivity index (χ1v) is 31.6. The Kier molecular flexibility index (Phi) is 11.1. The van der Waals surface area contributed by atoms with E-state index in [0.717, 1.165) is 101 Å². The Morgan fingerprint density at radius 2 is 0.889 bits per heavy atom. The average Bonchev–Trinajstić information content (AvgIpc) is 1.58. The van der Waals surface area contributed by atoms with E-state index in [2.05, 4.69) is 280 Å². The molecule has 90 heavy (non-hydrogen) atoms. The van der Waals surface area contributed by atoms with Crippen LogP contribution in [0.25, 0.3) is 171 Å². The summed E-state index contributed by atoms with van der Waals surface area (Å²) in [4.78, 5) is 21.2. The highest BCUT2D eigenvalue weighted by Gasteiger charge is 2.27. The molecule has 0 fully saturated rings. The van der Waals surface area contributed by atoms with Gasteiger partial charge < -0.3 is 9.13 Å². The molecule has 1 aliphatic carbocycles. The van der Waals surface area contributed by atoms with Crippen molar-refractivity contribution in [2.24, 2.45) is 0 Å². The van der Waals surface area contributed by atoms with Crippen LogP contribution in [0, 0.1) is 0 Å². The zero-order chi connectivity index (χ0) is 59.1. The minimum atomic E-state index is 0.417. The fraction of sp³-hybridized carbons (Fsp3) is 0.0370. The van der Waals surface area contributed by atoms with E-state index in [1.165, 1.54) is 64.2 Å². The van der Waals surface area contributed by atoms with Crippen LogP contribution in [0.5, 0.6) is 0 Å². The maximum absolute atomic E-state index is 5.42. The summed E-state index contributed by atoms with van der Waals surface area (Å²) in [6.45, 7) is 2.35. The summed E-state index contributed by atoms with van der Waals surface area (Å²) in [5.74, 6) is 3.12. The van der Waals surface area contributed by atoms with Gasteiger partial charge in [-0.2, -0.15) is 9.97 Å². The van der Waals surface area contributed by atoms with Crippen LogP contribution < -0.4 is 0 Å². The lowest BCUT2D eigenvalue weighted by Gasteiger charge is -2.19. The molecule has 0 amide bonds. The van der Waals surface area contributed by atoms with Crippen molar-refractivity contribution in [1.82, 2.24) is 38.2 Å². The number of hydrogen-bond donors (Lipinski definition) is 0. The van der Waals surface area contributed by atoms with E-state index in [1.54, 1.807) is 0 Å². The van der Waals surface area contributed by atoms with Crippen LogP contribution in [-0.4, -0.2) is 38.2 Å². The minimum Gasteiger partial charge on any atom is -0.313 e. The van der Waals surface area contributed by atoms with Crippen LogP contribution in [0.1, 0.15) is 30.5 Å². The van der Waals surface area contributed by atoms with E-state index in [0.29, 0.717) is 23.5 Å². The zero-order valence-corrected chi connectivity index (χ0v) is 49.6. The summed E-state index contributed by atoms with van der Waals surface area (Å²) in [5, 5.41) is 10.8. The SMILES string of the molecule is CC1CC=Cc2c1n(-c1ccc3sc4c(-n5c6ccccc6c6cc(-c7ccc(-c8ccc(-c9nc(-c%10ccccc%10)nc(-n%10c%11ccccc%11c%11ccc%12c%13ccccc%13n(-c%13ccccc%13)c%12c%11%10)n9)cc8)cc7)ccc65)nccc4c3c1)c1ccccc21. The van der Waals surface area contributed by atoms with Crippen LogP contribution in [0.3, 0.4) is 0 Å². The first kappa shape index (κ1) is 50.6. The quantitative estimate of drug-likeness (QED) is 0.152. The maximum Gasteiger partial charge on any atom is 0.238 e. The molecule has 422 valence electrons. The number of nitrogens with zero attached hydrogens (tertiary/aromatic N) is 8. The molecule has 0 N–H and O–H groups in total. The van der Waals surface area contributed by atoms with Gasteiger partial charge in [0.25, 0.3) is 0 Å². The molecule has 19 rings (SSSR count). The maximum atomic E-state index is 5.42. The summed E-state index contributed by atoms with van der Waals surface area (Å²) in [6, 6.07) is 94.0. The van der Waals surface area contributed by atoms with Gasteiger partial charge in [0.1, 0.15) is 0 Å². The number of fused-ring (bicyclic) bond motifs is 16. The van der Waals surface area contributed by atoms with Crippen molar-refractivity contribution in [3.05, 3.63) is 284 Å². The van der Waals surface area contributed by atoms with Crippen LogP contribution in [0.2, 0.25) is 0 Å². The molecule has 0 spiro atoms. The van der Waals surface area contributed by atoms with E-state index >= 15 is 0 Å². The van der Waals surface area contributed by atoms with Crippen LogP contribution >= 0.6 is 11.3 Å². The molecule has 1 atom stereocenters. The third-order valence-corrected chi connectivity index (χ3v) is 19.9. The second kappa shape index (κ2) is 19.8. The van der Waals surface area contributed by atoms with Crippen LogP contribution in [-0.2, 0) is 0 Å². The van der Waals surface area contributed by atoms with Crippen molar-refractivity contribution in [2.45, 2.75) is 19.3 Å². The van der Waals surface area contributed by atoms with E-state index in [-0.39, 0.29) is 0 Å². The Morgan fingerprint density at radius 1 is 0.367 bits per heavy atom. The molecule has 0 saturated carbocycles. The number of aromatic nitrogens is 8. The van der Waals surface area contributed by atoms with Gasteiger partial charge in [-0.25, -0.2) is 9.97 Å². The third kappa shape index (κ3) is 7.60. The molecule has 0 radical (unpaired) electrons. The molecule has 11 aromatic carbocycles. The first-order valence-electron chi connectivity index (χ1n) is 30.8. The number of benzene rings is 11. The number of rotatable bonds is 8. The van der Waals surface area contributed by atoms with E-state index in [4.69, 9.17) is 19.9 Å². The van der Waals surface area contributed by atoms with Crippen molar-refractivity contribution < 1.29 is 0 Å². The molecule has 0 bridgehead atoms. The van der Waals surface area contributed by atoms with Gasteiger partial charge in [0, 0.05) is 99.0 Å². The Hall–Kier alpha value is -11.5. The highest BCUT2D eigenvalue weighted by atomic mass is 32.1. The fourth-order valence-corrected chi connectivity index (χ4v) is 15.8. The normalized spacial score (nSPS) is 13.4. The van der Waals surface area contributed by atoms with Crippen molar-refractivity contribution in [1.29, 1.82) is 0 Å². The van der Waals surface area contributed by atoms with Crippen molar-refractivity contribution in [2.75, 3.05) is 0 Å². The Bertz CT molecular complexity index is 6000. The Labute approximate surface area is 520 Å².